The third kappa shape index (κ3) is 5.80. The third-order valence-corrected chi connectivity index (χ3v) is 5.76. The number of carbonyl (C=O) groups is 1. The fourth-order valence-electron chi connectivity index (χ4n) is 3.97. The second-order valence-corrected chi connectivity index (χ2v) is 8.36. The number of nitrogens with zero attached hydrogens (tertiary/aromatic N) is 2. The van der Waals surface area contributed by atoms with Gasteiger partial charge in [0.05, 0.1) is 17.6 Å². The number of aryl methyl sites for hydroxylation is 4. The molecule has 0 aliphatic carbocycles. The van der Waals surface area contributed by atoms with Crippen LogP contribution in [0.4, 0.5) is 0 Å². The molecule has 0 fully saturated rings. The Hall–Kier alpha value is -3.60. The highest BCUT2D eigenvalue weighted by Gasteiger charge is 2.11. The van der Waals surface area contributed by atoms with Gasteiger partial charge in [-0.1, -0.05) is 42.5 Å². The van der Waals surface area contributed by atoms with Crippen LogP contribution < -0.4 is 10.1 Å². The van der Waals surface area contributed by atoms with E-state index in [0.29, 0.717) is 18.7 Å². The van der Waals surface area contributed by atoms with Crippen molar-refractivity contribution in [2.24, 2.45) is 0 Å². The van der Waals surface area contributed by atoms with Crippen molar-refractivity contribution >= 4 is 16.9 Å². The lowest BCUT2D eigenvalue weighted by Gasteiger charge is -2.12. The topological polar surface area (TPSA) is 56.1 Å². The Morgan fingerprint density at radius 1 is 0.970 bits per heavy atom. The van der Waals surface area contributed by atoms with Crippen LogP contribution in [0.2, 0.25) is 0 Å². The van der Waals surface area contributed by atoms with Gasteiger partial charge in [-0.25, -0.2) is 4.98 Å². The molecule has 170 valence electrons. The van der Waals surface area contributed by atoms with Gasteiger partial charge in [-0.2, -0.15) is 0 Å². The monoisotopic (exact) mass is 441 g/mol. The van der Waals surface area contributed by atoms with Gasteiger partial charge in [-0.05, 0) is 68.1 Å². The maximum absolute atomic E-state index is 12.3. The maximum Gasteiger partial charge on any atom is 0.251 e. The molecule has 0 saturated carbocycles. The smallest absolute Gasteiger partial charge is 0.251 e. The van der Waals surface area contributed by atoms with Crippen LogP contribution in [-0.4, -0.2) is 28.6 Å². The first kappa shape index (κ1) is 22.6. The highest BCUT2D eigenvalue weighted by molar-refractivity contribution is 5.94. The molecule has 1 amide bonds. The van der Waals surface area contributed by atoms with Gasteiger partial charge in [0.15, 0.2) is 0 Å². The van der Waals surface area contributed by atoms with Gasteiger partial charge >= 0.3 is 0 Å². The van der Waals surface area contributed by atoms with Crippen molar-refractivity contribution in [2.45, 2.75) is 39.7 Å². The number of amides is 1. The number of imidazole rings is 1. The Kier molecular flexibility index (Phi) is 7.40. The molecule has 33 heavy (non-hydrogen) atoms. The lowest BCUT2D eigenvalue weighted by Crippen LogP contribution is -2.24. The first-order valence-corrected chi connectivity index (χ1v) is 11.6. The van der Waals surface area contributed by atoms with Gasteiger partial charge < -0.3 is 14.6 Å². The molecular formula is C28H31N3O2. The number of carbonyl (C=O) groups excluding carboxylic acids is 1. The molecule has 0 aliphatic rings. The number of rotatable bonds is 10. The second-order valence-electron chi connectivity index (χ2n) is 8.36. The average Bonchev–Trinajstić information content (AvgIpc) is 3.19. The molecule has 1 N–H and O–H groups in total. The Morgan fingerprint density at radius 2 is 1.76 bits per heavy atom. The predicted octanol–water partition coefficient (Wildman–Crippen LogP) is 5.48. The maximum atomic E-state index is 12.3. The summed E-state index contributed by atoms with van der Waals surface area (Å²) in [5.41, 5.74) is 5.21. The second kappa shape index (κ2) is 10.8. The van der Waals surface area contributed by atoms with Crippen LogP contribution in [0.15, 0.2) is 72.8 Å². The van der Waals surface area contributed by atoms with Gasteiger partial charge in [-0.15, -0.1) is 0 Å². The lowest BCUT2D eigenvalue weighted by atomic mass is 10.1. The molecule has 0 aliphatic heterocycles. The number of benzene rings is 3. The summed E-state index contributed by atoms with van der Waals surface area (Å²) in [7, 11) is 0. The van der Waals surface area contributed by atoms with Crippen LogP contribution in [0, 0.1) is 13.8 Å². The zero-order chi connectivity index (χ0) is 23.0. The molecular weight excluding hydrogens is 410 g/mol. The molecule has 0 unspecified atom stereocenters. The van der Waals surface area contributed by atoms with Crippen molar-refractivity contribution in [3.05, 3.63) is 95.3 Å². The predicted molar refractivity (Wildman–Crippen MR) is 133 cm³/mol. The highest BCUT2D eigenvalue weighted by atomic mass is 16.5. The van der Waals surface area contributed by atoms with Crippen LogP contribution in [0.25, 0.3) is 11.0 Å². The third-order valence-electron chi connectivity index (χ3n) is 5.76. The summed E-state index contributed by atoms with van der Waals surface area (Å²) in [5, 5.41) is 3.01. The molecule has 0 bridgehead atoms. The Bertz CT molecular complexity index is 1210. The fraction of sp³-hybridized carbons (Fsp3) is 0.286. The standard InChI is InChI=1S/C28H31N3O2/c1-21-15-16-22(2)26(20-21)33-19-9-18-31-25-13-7-6-12-24(25)30-27(31)14-8-17-29-28(32)23-10-4-3-5-11-23/h3-7,10-13,15-16,20H,8-9,14,17-19H2,1-2H3,(H,29,32). The van der Waals surface area contributed by atoms with Crippen LogP contribution >= 0.6 is 0 Å². The summed E-state index contributed by atoms with van der Waals surface area (Å²) in [6, 6.07) is 23.9. The van der Waals surface area contributed by atoms with Gasteiger partial charge in [0, 0.05) is 25.1 Å². The van der Waals surface area contributed by atoms with E-state index in [1.807, 2.05) is 36.4 Å². The Labute approximate surface area is 195 Å². The molecule has 4 rings (SSSR count). The van der Waals surface area contributed by atoms with E-state index in [4.69, 9.17) is 9.72 Å². The Balaban J connectivity index is 1.34. The van der Waals surface area contributed by atoms with E-state index >= 15 is 0 Å². The normalized spacial score (nSPS) is 11.0. The number of hydrogen-bond donors (Lipinski definition) is 1. The molecule has 0 radical (unpaired) electrons. The summed E-state index contributed by atoms with van der Waals surface area (Å²) in [6.45, 7) is 6.28. The van der Waals surface area contributed by atoms with Crippen LogP contribution in [0.5, 0.6) is 5.75 Å². The number of para-hydroxylation sites is 2. The molecule has 0 spiro atoms. The number of nitrogens with one attached hydrogen (secondary N) is 1. The zero-order valence-electron chi connectivity index (χ0n) is 19.4. The van der Waals surface area contributed by atoms with E-state index in [2.05, 4.69) is 60.1 Å². The van der Waals surface area contributed by atoms with Gasteiger partial charge in [-0.3, -0.25) is 4.79 Å². The molecule has 5 nitrogen and oxygen atoms in total. The van der Waals surface area contributed by atoms with E-state index in [0.717, 1.165) is 54.0 Å². The molecule has 1 heterocycles. The first-order chi connectivity index (χ1) is 16.1. The highest BCUT2D eigenvalue weighted by Crippen LogP contribution is 2.20. The minimum Gasteiger partial charge on any atom is -0.493 e. The van der Waals surface area contributed by atoms with Gasteiger partial charge in [0.25, 0.3) is 5.91 Å². The fourth-order valence-corrected chi connectivity index (χ4v) is 3.97. The van der Waals surface area contributed by atoms with E-state index in [9.17, 15) is 4.79 Å². The van der Waals surface area contributed by atoms with E-state index in [1.165, 1.54) is 5.56 Å². The molecule has 5 heteroatoms. The largest absolute Gasteiger partial charge is 0.493 e. The van der Waals surface area contributed by atoms with Crippen LogP contribution in [0.3, 0.4) is 0 Å². The molecule has 0 saturated heterocycles. The van der Waals surface area contributed by atoms with Crippen molar-refractivity contribution in [1.29, 1.82) is 0 Å². The van der Waals surface area contributed by atoms with Crippen LogP contribution in [0.1, 0.15) is 40.2 Å². The number of aromatic nitrogens is 2. The van der Waals surface area contributed by atoms with E-state index in [1.54, 1.807) is 0 Å². The van der Waals surface area contributed by atoms with Crippen molar-refractivity contribution in [2.75, 3.05) is 13.2 Å². The van der Waals surface area contributed by atoms with E-state index < -0.39 is 0 Å². The average molecular weight is 442 g/mol. The summed E-state index contributed by atoms with van der Waals surface area (Å²) in [4.78, 5) is 17.1. The SMILES string of the molecule is Cc1ccc(C)c(OCCCn2c(CCCNC(=O)c3ccccc3)nc3ccccc32)c1. The summed E-state index contributed by atoms with van der Waals surface area (Å²) in [6.07, 6.45) is 2.54. The van der Waals surface area contributed by atoms with E-state index in [-0.39, 0.29) is 5.91 Å². The van der Waals surface area contributed by atoms with Gasteiger partial charge in [0.2, 0.25) is 0 Å². The minimum absolute atomic E-state index is 0.0345. The molecule has 3 aromatic carbocycles. The summed E-state index contributed by atoms with van der Waals surface area (Å²) < 4.78 is 8.35. The Morgan fingerprint density at radius 3 is 2.61 bits per heavy atom. The van der Waals surface area contributed by atoms with Gasteiger partial charge in [0.1, 0.15) is 11.6 Å². The number of ether oxygens (including phenoxy) is 1. The molecule has 4 aromatic rings. The first-order valence-electron chi connectivity index (χ1n) is 11.6. The minimum atomic E-state index is -0.0345. The summed E-state index contributed by atoms with van der Waals surface area (Å²) >= 11 is 0. The van der Waals surface area contributed by atoms with Crippen molar-refractivity contribution < 1.29 is 9.53 Å². The number of fused-ring (bicyclic) bond motifs is 1. The number of hydrogen-bond acceptors (Lipinski definition) is 3. The molecule has 0 atom stereocenters. The quantitative estimate of drug-likeness (QED) is 0.331. The zero-order valence-corrected chi connectivity index (χ0v) is 19.4. The molecule has 1 aromatic heterocycles. The van der Waals surface area contributed by atoms with Crippen molar-refractivity contribution in [1.82, 2.24) is 14.9 Å². The summed E-state index contributed by atoms with van der Waals surface area (Å²) in [5.74, 6) is 1.98. The van der Waals surface area contributed by atoms with Crippen molar-refractivity contribution in [3.63, 3.8) is 0 Å². The van der Waals surface area contributed by atoms with Crippen molar-refractivity contribution in [3.8, 4) is 5.75 Å². The van der Waals surface area contributed by atoms with Crippen LogP contribution in [-0.2, 0) is 13.0 Å². The lowest BCUT2D eigenvalue weighted by molar-refractivity contribution is 0.0953.